The van der Waals surface area contributed by atoms with Gasteiger partial charge >= 0.3 is 0 Å². The van der Waals surface area contributed by atoms with Crippen LogP contribution in [0.15, 0.2) is 0 Å². The second kappa shape index (κ2) is 2.72. The van der Waals surface area contributed by atoms with Crippen LogP contribution in [0.2, 0.25) is 0 Å². The number of hydrogen-bond donors (Lipinski definition) is 0. The zero-order chi connectivity index (χ0) is 8.60. The minimum absolute atomic E-state index is 0.117. The van der Waals surface area contributed by atoms with E-state index in [0.717, 1.165) is 25.7 Å². The topological polar surface area (TPSA) is 45.5 Å². The number of methoxy groups -OCH3 is 1. The van der Waals surface area contributed by atoms with Gasteiger partial charge in [0.05, 0.1) is 12.2 Å². The van der Waals surface area contributed by atoms with Crippen molar-refractivity contribution in [1.82, 2.24) is 0 Å². The van der Waals surface area contributed by atoms with Crippen molar-refractivity contribution in [3.05, 3.63) is 0 Å². The van der Waals surface area contributed by atoms with Crippen molar-refractivity contribution in [3.8, 4) is 6.07 Å². The van der Waals surface area contributed by atoms with Crippen LogP contribution in [0.5, 0.6) is 0 Å². The van der Waals surface area contributed by atoms with Crippen LogP contribution in [0, 0.1) is 11.3 Å². The van der Waals surface area contributed by atoms with E-state index < -0.39 is 0 Å². The van der Waals surface area contributed by atoms with Gasteiger partial charge in [0.15, 0.2) is 6.10 Å². The van der Waals surface area contributed by atoms with Crippen molar-refractivity contribution in [3.63, 3.8) is 0 Å². The number of nitrogens with zero attached hydrogens (tertiary/aromatic N) is 1. The fourth-order valence-electron chi connectivity index (χ4n) is 2.11. The van der Waals surface area contributed by atoms with Gasteiger partial charge in [-0.1, -0.05) is 0 Å². The third kappa shape index (κ3) is 1.12. The van der Waals surface area contributed by atoms with Gasteiger partial charge in [-0.05, 0) is 19.3 Å². The van der Waals surface area contributed by atoms with Crippen LogP contribution in [0.4, 0.5) is 0 Å². The molecule has 3 unspecified atom stereocenters. The Labute approximate surface area is 72.3 Å². The first kappa shape index (κ1) is 8.03. The zero-order valence-electron chi connectivity index (χ0n) is 7.25. The molecule has 0 aromatic carbocycles. The molecule has 3 atom stereocenters. The summed E-state index contributed by atoms with van der Waals surface area (Å²) < 4.78 is 10.7. The number of rotatable bonds is 1. The van der Waals surface area contributed by atoms with Crippen LogP contribution >= 0.6 is 0 Å². The molecule has 0 amide bonds. The van der Waals surface area contributed by atoms with E-state index in [2.05, 4.69) is 6.07 Å². The van der Waals surface area contributed by atoms with E-state index in [1.54, 1.807) is 7.11 Å². The highest BCUT2D eigenvalue weighted by molar-refractivity contribution is 5.15. The second-order valence-corrected chi connectivity index (χ2v) is 3.65. The lowest BCUT2D eigenvalue weighted by molar-refractivity contribution is 0.0390. The van der Waals surface area contributed by atoms with Gasteiger partial charge in [-0.25, -0.2) is 0 Å². The molecule has 1 saturated carbocycles. The standard InChI is InChI=1S/C9H13NO2/c1-11-7-3-2-4-9(5-7)8(6-10)12-9/h7-8H,2-5H2,1H3. The molecule has 0 radical (unpaired) electrons. The minimum atomic E-state index is -0.157. The van der Waals surface area contributed by atoms with E-state index in [9.17, 15) is 0 Å². The number of epoxide rings is 1. The third-order valence-electron chi connectivity index (χ3n) is 2.92. The van der Waals surface area contributed by atoms with Gasteiger partial charge in [-0.2, -0.15) is 5.26 Å². The van der Waals surface area contributed by atoms with E-state index in [1.807, 2.05) is 0 Å². The first-order valence-corrected chi connectivity index (χ1v) is 4.41. The molecule has 1 heterocycles. The normalized spacial score (nSPS) is 45.7. The zero-order valence-corrected chi connectivity index (χ0v) is 7.25. The lowest BCUT2D eigenvalue weighted by Gasteiger charge is -2.25. The monoisotopic (exact) mass is 167 g/mol. The first-order chi connectivity index (χ1) is 5.80. The van der Waals surface area contributed by atoms with Crippen LogP contribution in [-0.2, 0) is 9.47 Å². The van der Waals surface area contributed by atoms with Crippen LogP contribution in [0.3, 0.4) is 0 Å². The molecule has 2 rings (SSSR count). The van der Waals surface area contributed by atoms with Crippen molar-refractivity contribution < 1.29 is 9.47 Å². The van der Waals surface area contributed by atoms with Crippen molar-refractivity contribution in [2.45, 2.75) is 43.5 Å². The van der Waals surface area contributed by atoms with E-state index in [4.69, 9.17) is 14.7 Å². The fraction of sp³-hybridized carbons (Fsp3) is 0.889. The maximum Gasteiger partial charge on any atom is 0.173 e. The molecular formula is C9H13NO2. The molecule has 1 saturated heterocycles. The summed E-state index contributed by atoms with van der Waals surface area (Å²) in [4.78, 5) is 0. The largest absolute Gasteiger partial charge is 0.381 e. The van der Waals surface area contributed by atoms with Crippen LogP contribution in [-0.4, -0.2) is 24.9 Å². The number of hydrogen-bond acceptors (Lipinski definition) is 3. The average Bonchev–Trinajstić information content (AvgIpc) is 2.78. The molecule has 2 aliphatic rings. The molecule has 0 aromatic rings. The summed E-state index contributed by atoms with van der Waals surface area (Å²) in [5.74, 6) is 0. The van der Waals surface area contributed by atoms with Gasteiger partial charge in [0, 0.05) is 13.5 Å². The Hall–Kier alpha value is -0.590. The van der Waals surface area contributed by atoms with Crippen molar-refractivity contribution in [1.29, 1.82) is 5.26 Å². The second-order valence-electron chi connectivity index (χ2n) is 3.65. The highest BCUT2D eigenvalue weighted by Crippen LogP contribution is 2.48. The Morgan fingerprint density at radius 1 is 1.67 bits per heavy atom. The lowest BCUT2D eigenvalue weighted by atomic mass is 9.85. The van der Waals surface area contributed by atoms with Gasteiger partial charge in [0.25, 0.3) is 0 Å². The molecule has 0 N–H and O–H groups in total. The maximum absolute atomic E-state index is 8.67. The SMILES string of the molecule is COC1CCCC2(C1)OC2C#N. The summed E-state index contributed by atoms with van der Waals surface area (Å²) in [5, 5.41) is 8.67. The minimum Gasteiger partial charge on any atom is -0.381 e. The van der Waals surface area contributed by atoms with Crippen molar-refractivity contribution >= 4 is 0 Å². The van der Waals surface area contributed by atoms with Crippen LogP contribution < -0.4 is 0 Å². The molecule has 1 aliphatic carbocycles. The lowest BCUT2D eigenvalue weighted by Crippen LogP contribution is -2.29. The highest BCUT2D eigenvalue weighted by atomic mass is 16.6. The molecule has 0 aromatic heterocycles. The van der Waals surface area contributed by atoms with E-state index >= 15 is 0 Å². The quantitative estimate of drug-likeness (QED) is 0.552. The number of nitriles is 1. The van der Waals surface area contributed by atoms with E-state index in [1.165, 1.54) is 0 Å². The Kier molecular flexibility index (Phi) is 1.82. The molecule has 0 bridgehead atoms. The fourth-order valence-corrected chi connectivity index (χ4v) is 2.11. The highest BCUT2D eigenvalue weighted by Gasteiger charge is 2.58. The van der Waals surface area contributed by atoms with E-state index in [0.29, 0.717) is 6.10 Å². The third-order valence-corrected chi connectivity index (χ3v) is 2.92. The summed E-state index contributed by atoms with van der Waals surface area (Å²) in [5.41, 5.74) is -0.117. The van der Waals surface area contributed by atoms with Crippen molar-refractivity contribution in [2.75, 3.05) is 7.11 Å². The summed E-state index contributed by atoms with van der Waals surface area (Å²) in [7, 11) is 1.73. The Balaban J connectivity index is 1.97. The Morgan fingerprint density at radius 2 is 2.50 bits per heavy atom. The Morgan fingerprint density at radius 3 is 3.08 bits per heavy atom. The average molecular weight is 167 g/mol. The van der Waals surface area contributed by atoms with Crippen molar-refractivity contribution in [2.24, 2.45) is 0 Å². The molecule has 1 spiro atoms. The summed E-state index contributed by atoms with van der Waals surface area (Å²) >= 11 is 0. The van der Waals surface area contributed by atoms with Crippen LogP contribution in [0.1, 0.15) is 25.7 Å². The molecule has 1 aliphatic heterocycles. The molecule has 2 fully saturated rings. The van der Waals surface area contributed by atoms with Gasteiger partial charge in [0.1, 0.15) is 5.60 Å². The molecule has 3 nitrogen and oxygen atoms in total. The molecule has 66 valence electrons. The smallest absolute Gasteiger partial charge is 0.173 e. The predicted molar refractivity (Wildman–Crippen MR) is 42.5 cm³/mol. The number of ether oxygens (including phenoxy) is 2. The first-order valence-electron chi connectivity index (χ1n) is 4.41. The van der Waals surface area contributed by atoms with Gasteiger partial charge in [-0.3, -0.25) is 0 Å². The molecule has 3 heteroatoms. The van der Waals surface area contributed by atoms with E-state index in [-0.39, 0.29) is 11.7 Å². The molecular weight excluding hydrogens is 154 g/mol. The van der Waals surface area contributed by atoms with Crippen LogP contribution in [0.25, 0.3) is 0 Å². The van der Waals surface area contributed by atoms with Gasteiger partial charge in [-0.15, -0.1) is 0 Å². The predicted octanol–water partition coefficient (Wildman–Crippen LogP) is 1.24. The maximum atomic E-state index is 8.67. The summed E-state index contributed by atoms with van der Waals surface area (Å²) in [6, 6.07) is 2.17. The summed E-state index contributed by atoms with van der Waals surface area (Å²) in [6.07, 6.45) is 4.32. The molecule has 12 heavy (non-hydrogen) atoms. The van der Waals surface area contributed by atoms with Gasteiger partial charge < -0.3 is 9.47 Å². The van der Waals surface area contributed by atoms with Gasteiger partial charge in [0.2, 0.25) is 0 Å². The Bertz CT molecular complexity index is 223. The summed E-state index contributed by atoms with van der Waals surface area (Å²) in [6.45, 7) is 0.